The fourth-order valence-electron chi connectivity index (χ4n) is 0.378. The molecule has 44 valence electrons. The van der Waals surface area contributed by atoms with Crippen LogP contribution < -0.4 is 16.6 Å². The van der Waals surface area contributed by atoms with Gasteiger partial charge in [-0.2, -0.15) is 0 Å². The maximum Gasteiger partial charge on any atom is 0.120 e. The van der Waals surface area contributed by atoms with Gasteiger partial charge in [-0.3, -0.25) is 10.9 Å². The van der Waals surface area contributed by atoms with Crippen LogP contribution >= 0.6 is 11.6 Å². The van der Waals surface area contributed by atoms with E-state index in [0.29, 0.717) is 11.0 Å². The molecule has 1 aliphatic rings. The Kier molecular flexibility index (Phi) is 1.30. The van der Waals surface area contributed by atoms with E-state index in [2.05, 4.69) is 10.9 Å². The number of hydrogen-bond acceptors (Lipinski definition) is 3. The smallest absolute Gasteiger partial charge is 0.120 e. The molecular formula is C4H6ClN3. The minimum atomic E-state index is 0.541. The van der Waals surface area contributed by atoms with Crippen molar-refractivity contribution in [1.29, 1.82) is 0 Å². The van der Waals surface area contributed by atoms with Crippen LogP contribution in [0.2, 0.25) is 0 Å². The Morgan fingerprint density at radius 1 is 1.38 bits per heavy atom. The highest BCUT2D eigenvalue weighted by Crippen LogP contribution is 1.98. The van der Waals surface area contributed by atoms with Crippen molar-refractivity contribution in [3.63, 3.8) is 0 Å². The van der Waals surface area contributed by atoms with Crippen LogP contribution in [0.4, 0.5) is 0 Å². The summed E-state index contributed by atoms with van der Waals surface area (Å²) in [5.74, 6) is 0.564. The van der Waals surface area contributed by atoms with E-state index in [1.54, 1.807) is 12.2 Å². The van der Waals surface area contributed by atoms with Crippen molar-refractivity contribution in [1.82, 2.24) is 10.9 Å². The summed E-state index contributed by atoms with van der Waals surface area (Å²) >= 11 is 5.47. The third kappa shape index (κ3) is 1.07. The molecule has 0 bridgehead atoms. The predicted octanol–water partition coefficient (Wildman–Crippen LogP) is -0.0255. The van der Waals surface area contributed by atoms with E-state index >= 15 is 0 Å². The fourth-order valence-corrected chi connectivity index (χ4v) is 0.488. The summed E-state index contributed by atoms with van der Waals surface area (Å²) in [6.07, 6.45) is 3.35. The van der Waals surface area contributed by atoms with Crippen LogP contribution in [0.3, 0.4) is 0 Å². The van der Waals surface area contributed by atoms with E-state index in [4.69, 9.17) is 17.3 Å². The monoisotopic (exact) mass is 131 g/mol. The second-order valence-corrected chi connectivity index (χ2v) is 1.79. The molecule has 0 atom stereocenters. The van der Waals surface area contributed by atoms with Crippen LogP contribution in [-0.4, -0.2) is 0 Å². The quantitative estimate of drug-likeness (QED) is 0.405. The van der Waals surface area contributed by atoms with Crippen LogP contribution in [0.15, 0.2) is 23.1 Å². The minimum Gasteiger partial charge on any atom is -0.384 e. The van der Waals surface area contributed by atoms with E-state index in [-0.39, 0.29) is 0 Å². The first kappa shape index (κ1) is 5.31. The molecule has 0 saturated heterocycles. The topological polar surface area (TPSA) is 50.1 Å². The van der Waals surface area contributed by atoms with Gasteiger partial charge < -0.3 is 5.73 Å². The summed E-state index contributed by atoms with van der Waals surface area (Å²) < 4.78 is 0. The summed E-state index contributed by atoms with van der Waals surface area (Å²) in [5, 5.41) is 0.541. The second-order valence-electron chi connectivity index (χ2n) is 1.39. The first-order valence-electron chi connectivity index (χ1n) is 2.14. The van der Waals surface area contributed by atoms with Gasteiger partial charge in [-0.15, -0.1) is 0 Å². The maximum absolute atomic E-state index is 5.47. The average molecular weight is 132 g/mol. The van der Waals surface area contributed by atoms with Gasteiger partial charge in [0.1, 0.15) is 11.0 Å². The molecule has 0 amide bonds. The molecule has 0 aromatic carbocycles. The first-order chi connectivity index (χ1) is 3.79. The molecule has 4 N–H and O–H groups in total. The zero-order chi connectivity index (χ0) is 5.98. The standard InChI is InChI=1S/C4H6ClN3/c5-3-1-2-4(6)8-7-3/h1-2,7-8H,6H2. The van der Waals surface area contributed by atoms with Gasteiger partial charge in [-0.25, -0.2) is 0 Å². The van der Waals surface area contributed by atoms with Gasteiger partial charge in [-0.1, -0.05) is 11.6 Å². The van der Waals surface area contributed by atoms with Crippen LogP contribution in [0, 0.1) is 0 Å². The van der Waals surface area contributed by atoms with Crippen molar-refractivity contribution >= 4 is 11.6 Å². The Labute approximate surface area is 52.2 Å². The van der Waals surface area contributed by atoms with Crippen molar-refractivity contribution in [2.45, 2.75) is 0 Å². The third-order valence-corrected chi connectivity index (χ3v) is 0.956. The SMILES string of the molecule is NC1=CC=C(Cl)NN1. The molecule has 0 unspecified atom stereocenters. The van der Waals surface area contributed by atoms with E-state index in [9.17, 15) is 0 Å². The lowest BCUT2D eigenvalue weighted by molar-refractivity contribution is 0.697. The molecular weight excluding hydrogens is 126 g/mol. The number of rotatable bonds is 0. The summed E-state index contributed by atoms with van der Waals surface area (Å²) in [6.45, 7) is 0. The van der Waals surface area contributed by atoms with Gasteiger partial charge in [0.2, 0.25) is 0 Å². The molecule has 4 heteroatoms. The molecule has 0 aromatic heterocycles. The molecule has 3 nitrogen and oxygen atoms in total. The lowest BCUT2D eigenvalue weighted by Gasteiger charge is -2.10. The van der Waals surface area contributed by atoms with Gasteiger partial charge in [0, 0.05) is 0 Å². The van der Waals surface area contributed by atoms with E-state index in [0.717, 1.165) is 0 Å². The van der Waals surface area contributed by atoms with E-state index in [1.165, 1.54) is 0 Å². The Morgan fingerprint density at radius 3 is 2.50 bits per heavy atom. The summed E-state index contributed by atoms with van der Waals surface area (Å²) in [4.78, 5) is 0. The molecule has 8 heavy (non-hydrogen) atoms. The molecule has 0 aromatic rings. The molecule has 0 saturated carbocycles. The zero-order valence-corrected chi connectivity index (χ0v) is 4.87. The van der Waals surface area contributed by atoms with Crippen molar-refractivity contribution < 1.29 is 0 Å². The molecule has 0 aliphatic carbocycles. The predicted molar refractivity (Wildman–Crippen MR) is 32.5 cm³/mol. The number of nitrogens with one attached hydrogen (secondary N) is 2. The Balaban J connectivity index is 2.65. The number of nitrogens with two attached hydrogens (primary N) is 1. The first-order valence-corrected chi connectivity index (χ1v) is 2.52. The normalized spacial score (nSPS) is 17.6. The molecule has 0 fully saturated rings. The number of halogens is 1. The van der Waals surface area contributed by atoms with E-state index in [1.807, 2.05) is 0 Å². The summed E-state index contributed by atoms with van der Waals surface area (Å²) in [7, 11) is 0. The lowest BCUT2D eigenvalue weighted by Crippen LogP contribution is -2.34. The Hall–Kier alpha value is -0.830. The molecule has 1 aliphatic heterocycles. The van der Waals surface area contributed by atoms with Gasteiger partial charge >= 0.3 is 0 Å². The maximum atomic E-state index is 5.47. The molecule has 1 heterocycles. The highest BCUT2D eigenvalue weighted by molar-refractivity contribution is 6.29. The average Bonchev–Trinajstić information content (AvgIpc) is 1.77. The fraction of sp³-hybridized carbons (Fsp3) is 0. The second kappa shape index (κ2) is 1.96. The third-order valence-electron chi connectivity index (χ3n) is 0.735. The van der Waals surface area contributed by atoms with Gasteiger partial charge in [-0.05, 0) is 12.2 Å². The molecule has 0 spiro atoms. The lowest BCUT2D eigenvalue weighted by atomic mass is 10.5. The largest absolute Gasteiger partial charge is 0.384 e. The van der Waals surface area contributed by atoms with Crippen LogP contribution in [-0.2, 0) is 0 Å². The Bertz CT molecular complexity index is 131. The van der Waals surface area contributed by atoms with Crippen molar-refractivity contribution in [2.75, 3.05) is 0 Å². The van der Waals surface area contributed by atoms with Gasteiger partial charge in [0.25, 0.3) is 0 Å². The van der Waals surface area contributed by atoms with Crippen LogP contribution in [0.25, 0.3) is 0 Å². The van der Waals surface area contributed by atoms with Gasteiger partial charge in [0.05, 0.1) is 0 Å². The van der Waals surface area contributed by atoms with Crippen LogP contribution in [0.1, 0.15) is 0 Å². The summed E-state index contributed by atoms with van der Waals surface area (Å²) in [6, 6.07) is 0. The van der Waals surface area contributed by atoms with Crippen molar-refractivity contribution in [3.8, 4) is 0 Å². The number of allylic oxidation sites excluding steroid dienone is 2. The van der Waals surface area contributed by atoms with Crippen molar-refractivity contribution in [2.24, 2.45) is 5.73 Å². The van der Waals surface area contributed by atoms with Crippen molar-refractivity contribution in [3.05, 3.63) is 23.1 Å². The Morgan fingerprint density at radius 2 is 2.12 bits per heavy atom. The summed E-state index contributed by atoms with van der Waals surface area (Å²) in [5.41, 5.74) is 10.5. The number of hydrazine groups is 1. The van der Waals surface area contributed by atoms with Crippen LogP contribution in [0.5, 0.6) is 0 Å². The minimum absolute atomic E-state index is 0.541. The zero-order valence-electron chi connectivity index (χ0n) is 4.11. The number of hydrogen-bond donors (Lipinski definition) is 3. The molecule has 1 rings (SSSR count). The molecule has 0 radical (unpaired) electrons. The highest BCUT2D eigenvalue weighted by atomic mass is 35.5. The van der Waals surface area contributed by atoms with Gasteiger partial charge in [0.15, 0.2) is 0 Å². The highest BCUT2D eigenvalue weighted by Gasteiger charge is 1.94. The van der Waals surface area contributed by atoms with E-state index < -0.39 is 0 Å².